The van der Waals surface area contributed by atoms with Crippen molar-refractivity contribution in [3.05, 3.63) is 42.5 Å². The van der Waals surface area contributed by atoms with Crippen LogP contribution >= 0.6 is 22.6 Å². The molecular weight excluding hydrogens is 273 g/mol. The largest absolute Gasteiger partial charge is 0.376 e. The lowest BCUT2D eigenvalue weighted by Gasteiger charge is -2.06. The van der Waals surface area contributed by atoms with E-state index in [4.69, 9.17) is 0 Å². The third-order valence-corrected chi connectivity index (χ3v) is 2.43. The van der Waals surface area contributed by atoms with Gasteiger partial charge in [0.1, 0.15) is 0 Å². The molecule has 2 aromatic carbocycles. The fourth-order valence-corrected chi connectivity index (χ4v) is 1.86. The number of anilines is 1. The molecule has 0 radical (unpaired) electrons. The van der Waals surface area contributed by atoms with Crippen molar-refractivity contribution in [1.82, 2.24) is 0 Å². The van der Waals surface area contributed by atoms with E-state index in [9.17, 15) is 0 Å². The molecule has 0 aliphatic carbocycles. The average molecular weight is 283 g/mol. The summed E-state index contributed by atoms with van der Waals surface area (Å²) in [5, 5.41) is 5.92. The van der Waals surface area contributed by atoms with Crippen molar-refractivity contribution in [2.45, 2.75) is 0 Å². The van der Waals surface area contributed by atoms with Crippen LogP contribution in [-0.2, 0) is 0 Å². The zero-order valence-electron chi connectivity index (χ0n) is 7.13. The van der Waals surface area contributed by atoms with Gasteiger partial charge in [-0.15, -0.1) is 0 Å². The summed E-state index contributed by atoms with van der Waals surface area (Å²) in [7, 11) is 0. The first-order valence-electron chi connectivity index (χ1n) is 4.19. The van der Waals surface area contributed by atoms with Gasteiger partial charge in [0, 0.05) is 11.1 Å². The number of benzene rings is 2. The van der Waals surface area contributed by atoms with Gasteiger partial charge in [-0.25, -0.2) is 0 Å². The zero-order chi connectivity index (χ0) is 9.10. The van der Waals surface area contributed by atoms with Crippen LogP contribution in [0.2, 0.25) is 0 Å². The summed E-state index contributed by atoms with van der Waals surface area (Å²) in [5.41, 5.74) is 1.22. The minimum absolute atomic E-state index is 0.936. The summed E-state index contributed by atoms with van der Waals surface area (Å²) in [6.07, 6.45) is 0. The van der Waals surface area contributed by atoms with Crippen molar-refractivity contribution < 1.29 is 0 Å². The third kappa shape index (κ3) is 1.77. The number of halogens is 1. The summed E-state index contributed by atoms with van der Waals surface area (Å²) < 4.78 is 0.936. The highest BCUT2D eigenvalue weighted by Crippen LogP contribution is 2.22. The van der Waals surface area contributed by atoms with E-state index in [1.54, 1.807) is 0 Å². The molecule has 0 unspecified atom stereocenters. The molecule has 0 heterocycles. The van der Waals surface area contributed by atoms with Gasteiger partial charge in [0.25, 0.3) is 0 Å². The van der Waals surface area contributed by atoms with Crippen LogP contribution in [0.15, 0.2) is 42.5 Å². The summed E-state index contributed by atoms with van der Waals surface area (Å²) >= 11 is 2.31. The number of hydrogen-bond acceptors (Lipinski definition) is 1. The van der Waals surface area contributed by atoms with Crippen molar-refractivity contribution in [1.29, 1.82) is 0 Å². The van der Waals surface area contributed by atoms with E-state index in [2.05, 4.69) is 70.4 Å². The molecule has 0 saturated heterocycles. The SMILES string of the molecule is ICNc1cccc2ccccc12. The van der Waals surface area contributed by atoms with Crippen molar-refractivity contribution in [3.63, 3.8) is 0 Å². The molecule has 1 N–H and O–H groups in total. The van der Waals surface area contributed by atoms with E-state index in [0.29, 0.717) is 0 Å². The van der Waals surface area contributed by atoms with Crippen LogP contribution in [0.3, 0.4) is 0 Å². The molecule has 66 valence electrons. The van der Waals surface area contributed by atoms with Crippen LogP contribution in [0.1, 0.15) is 0 Å². The summed E-state index contributed by atoms with van der Waals surface area (Å²) in [6, 6.07) is 14.7. The van der Waals surface area contributed by atoms with Crippen LogP contribution in [0.4, 0.5) is 5.69 Å². The Morgan fingerprint density at radius 1 is 1.00 bits per heavy atom. The lowest BCUT2D eigenvalue weighted by molar-refractivity contribution is 1.52. The maximum atomic E-state index is 3.34. The molecular formula is C11H10IN. The molecule has 0 saturated carbocycles. The highest BCUT2D eigenvalue weighted by atomic mass is 127. The van der Waals surface area contributed by atoms with E-state index < -0.39 is 0 Å². The second kappa shape index (κ2) is 3.96. The lowest BCUT2D eigenvalue weighted by atomic mass is 10.1. The predicted octanol–water partition coefficient (Wildman–Crippen LogP) is 3.64. The van der Waals surface area contributed by atoms with E-state index in [0.717, 1.165) is 4.55 Å². The van der Waals surface area contributed by atoms with Crippen LogP contribution in [0.25, 0.3) is 10.8 Å². The summed E-state index contributed by atoms with van der Waals surface area (Å²) in [6.45, 7) is 0. The summed E-state index contributed by atoms with van der Waals surface area (Å²) in [4.78, 5) is 0. The third-order valence-electron chi connectivity index (χ3n) is 2.05. The van der Waals surface area contributed by atoms with Gasteiger partial charge in [-0.3, -0.25) is 0 Å². The van der Waals surface area contributed by atoms with Gasteiger partial charge in [-0.2, -0.15) is 0 Å². The standard InChI is InChI=1S/C11H10IN/c12-8-13-11-7-3-5-9-4-1-2-6-10(9)11/h1-7,13H,8H2. The van der Waals surface area contributed by atoms with Crippen LogP contribution in [-0.4, -0.2) is 4.55 Å². The molecule has 0 bridgehead atoms. The smallest absolute Gasteiger partial charge is 0.0670 e. The van der Waals surface area contributed by atoms with Crippen LogP contribution < -0.4 is 5.32 Å². The normalized spacial score (nSPS) is 10.2. The van der Waals surface area contributed by atoms with Gasteiger partial charge in [0.2, 0.25) is 0 Å². The molecule has 0 atom stereocenters. The molecule has 0 aliphatic heterocycles. The van der Waals surface area contributed by atoms with Crippen molar-refractivity contribution in [2.75, 3.05) is 9.87 Å². The Morgan fingerprint density at radius 3 is 2.62 bits per heavy atom. The van der Waals surface area contributed by atoms with Crippen molar-refractivity contribution >= 4 is 39.1 Å². The van der Waals surface area contributed by atoms with Gasteiger partial charge < -0.3 is 5.32 Å². The molecule has 0 spiro atoms. The van der Waals surface area contributed by atoms with Gasteiger partial charge in [-0.05, 0) is 11.5 Å². The van der Waals surface area contributed by atoms with Crippen molar-refractivity contribution in [2.24, 2.45) is 0 Å². The first kappa shape index (κ1) is 8.81. The monoisotopic (exact) mass is 283 g/mol. The predicted molar refractivity (Wildman–Crippen MR) is 66.5 cm³/mol. The van der Waals surface area contributed by atoms with Gasteiger partial charge >= 0.3 is 0 Å². The molecule has 2 rings (SSSR count). The zero-order valence-corrected chi connectivity index (χ0v) is 9.28. The quantitative estimate of drug-likeness (QED) is 0.504. The minimum Gasteiger partial charge on any atom is -0.376 e. The Hall–Kier alpha value is -0.770. The second-order valence-electron chi connectivity index (χ2n) is 2.84. The summed E-state index contributed by atoms with van der Waals surface area (Å²) in [5.74, 6) is 0. The minimum atomic E-state index is 0.936. The van der Waals surface area contributed by atoms with Gasteiger partial charge in [0.05, 0.1) is 4.55 Å². The maximum absolute atomic E-state index is 3.34. The highest BCUT2D eigenvalue weighted by molar-refractivity contribution is 14.1. The van der Waals surface area contributed by atoms with Crippen LogP contribution in [0.5, 0.6) is 0 Å². The van der Waals surface area contributed by atoms with Crippen molar-refractivity contribution in [3.8, 4) is 0 Å². The fraction of sp³-hybridized carbons (Fsp3) is 0.0909. The first-order chi connectivity index (χ1) is 6.42. The molecule has 13 heavy (non-hydrogen) atoms. The van der Waals surface area contributed by atoms with E-state index >= 15 is 0 Å². The van der Waals surface area contributed by atoms with E-state index in [-0.39, 0.29) is 0 Å². The molecule has 2 heteroatoms. The molecule has 2 aromatic rings. The van der Waals surface area contributed by atoms with E-state index in [1.165, 1.54) is 16.5 Å². The molecule has 0 amide bonds. The van der Waals surface area contributed by atoms with Gasteiger partial charge in [-0.1, -0.05) is 59.0 Å². The number of rotatable bonds is 2. The molecule has 0 fully saturated rings. The maximum Gasteiger partial charge on any atom is 0.0670 e. The Balaban J connectivity index is 2.61. The topological polar surface area (TPSA) is 12.0 Å². The first-order valence-corrected chi connectivity index (χ1v) is 5.72. The number of hydrogen-bond donors (Lipinski definition) is 1. The van der Waals surface area contributed by atoms with E-state index in [1.807, 2.05) is 0 Å². The Morgan fingerprint density at radius 2 is 1.77 bits per heavy atom. The Kier molecular flexibility index (Phi) is 2.68. The second-order valence-corrected chi connectivity index (χ2v) is 3.60. The van der Waals surface area contributed by atoms with Gasteiger partial charge in [0.15, 0.2) is 0 Å². The number of nitrogens with one attached hydrogen (secondary N) is 1. The Bertz CT molecular complexity index is 406. The Labute approximate surface area is 91.3 Å². The molecule has 0 aromatic heterocycles. The molecule has 0 aliphatic rings. The highest BCUT2D eigenvalue weighted by Gasteiger charge is 1.96. The average Bonchev–Trinajstić information content (AvgIpc) is 2.19. The molecule has 1 nitrogen and oxygen atoms in total. The fourth-order valence-electron chi connectivity index (χ4n) is 1.45. The van der Waals surface area contributed by atoms with Crippen LogP contribution in [0, 0.1) is 0 Å². The lowest BCUT2D eigenvalue weighted by Crippen LogP contribution is -1.93. The number of alkyl halides is 1. The number of fused-ring (bicyclic) bond motifs is 1.